The number of aliphatic hydroxyl groups is 1. The summed E-state index contributed by atoms with van der Waals surface area (Å²) in [5.74, 6) is 0. The molecule has 0 saturated carbocycles. The first-order valence-corrected chi connectivity index (χ1v) is 4.97. The molecule has 0 aromatic rings. The number of rotatable bonds is 1. The molecule has 2 rings (SSSR count). The van der Waals surface area contributed by atoms with Gasteiger partial charge < -0.3 is 5.11 Å². The summed E-state index contributed by atoms with van der Waals surface area (Å²) in [6.07, 6.45) is 8.95. The molecule has 12 heavy (non-hydrogen) atoms. The Labute approximate surface area is 73.9 Å². The van der Waals surface area contributed by atoms with Crippen LogP contribution in [0.25, 0.3) is 0 Å². The second kappa shape index (κ2) is 3.58. The fourth-order valence-corrected chi connectivity index (χ4v) is 2.21. The fourth-order valence-electron chi connectivity index (χ4n) is 2.21. The highest BCUT2D eigenvalue weighted by Crippen LogP contribution is 2.20. The Balaban J connectivity index is 1.93. The molecule has 1 saturated heterocycles. The van der Waals surface area contributed by atoms with E-state index in [1.165, 1.54) is 32.4 Å². The minimum absolute atomic E-state index is 0.136. The maximum absolute atomic E-state index is 9.64. The molecule has 2 aliphatic rings. The lowest BCUT2D eigenvalue weighted by molar-refractivity contribution is 0.0730. The topological polar surface area (TPSA) is 23.5 Å². The van der Waals surface area contributed by atoms with Crippen molar-refractivity contribution in [1.82, 2.24) is 4.90 Å². The van der Waals surface area contributed by atoms with Crippen molar-refractivity contribution in [3.8, 4) is 0 Å². The SMILES string of the molecule is OC1CC=CC1N1CCCCC1. The van der Waals surface area contributed by atoms with Gasteiger partial charge in [-0.2, -0.15) is 0 Å². The zero-order chi connectivity index (χ0) is 8.39. The molecule has 0 aromatic heterocycles. The summed E-state index contributed by atoms with van der Waals surface area (Å²) >= 11 is 0. The maximum Gasteiger partial charge on any atom is 0.0765 e. The van der Waals surface area contributed by atoms with Gasteiger partial charge >= 0.3 is 0 Å². The Bertz CT molecular complexity index is 173. The molecule has 68 valence electrons. The normalized spacial score (nSPS) is 37.4. The molecular weight excluding hydrogens is 150 g/mol. The van der Waals surface area contributed by atoms with Crippen molar-refractivity contribution in [1.29, 1.82) is 0 Å². The second-order valence-electron chi connectivity index (χ2n) is 3.82. The summed E-state index contributed by atoms with van der Waals surface area (Å²) < 4.78 is 0. The summed E-state index contributed by atoms with van der Waals surface area (Å²) in [6, 6.07) is 0.324. The van der Waals surface area contributed by atoms with Crippen molar-refractivity contribution >= 4 is 0 Å². The van der Waals surface area contributed by atoms with Gasteiger partial charge in [-0.1, -0.05) is 18.6 Å². The lowest BCUT2D eigenvalue weighted by Crippen LogP contribution is -2.43. The van der Waals surface area contributed by atoms with Crippen LogP contribution in [0.15, 0.2) is 12.2 Å². The van der Waals surface area contributed by atoms with Gasteiger partial charge in [-0.25, -0.2) is 0 Å². The molecule has 0 radical (unpaired) electrons. The Morgan fingerprint density at radius 3 is 2.50 bits per heavy atom. The maximum atomic E-state index is 9.64. The largest absolute Gasteiger partial charge is 0.391 e. The van der Waals surface area contributed by atoms with E-state index in [1.54, 1.807) is 0 Å². The first-order valence-electron chi connectivity index (χ1n) is 4.97. The third kappa shape index (κ3) is 1.54. The van der Waals surface area contributed by atoms with E-state index < -0.39 is 0 Å². The van der Waals surface area contributed by atoms with Crippen LogP contribution in [0, 0.1) is 0 Å². The summed E-state index contributed by atoms with van der Waals surface area (Å²) in [5, 5.41) is 9.64. The molecular formula is C10H17NO. The highest BCUT2D eigenvalue weighted by molar-refractivity contribution is 5.07. The van der Waals surface area contributed by atoms with E-state index in [9.17, 15) is 5.11 Å². The number of nitrogens with zero attached hydrogens (tertiary/aromatic N) is 1. The molecule has 2 nitrogen and oxygen atoms in total. The van der Waals surface area contributed by atoms with E-state index in [4.69, 9.17) is 0 Å². The van der Waals surface area contributed by atoms with E-state index in [0.717, 1.165) is 6.42 Å². The zero-order valence-corrected chi connectivity index (χ0v) is 7.45. The van der Waals surface area contributed by atoms with Crippen LogP contribution < -0.4 is 0 Å². The predicted octanol–water partition coefficient (Wildman–Crippen LogP) is 1.16. The van der Waals surface area contributed by atoms with E-state index in [-0.39, 0.29) is 6.10 Å². The van der Waals surface area contributed by atoms with Crippen molar-refractivity contribution in [3.05, 3.63) is 12.2 Å². The summed E-state index contributed by atoms with van der Waals surface area (Å²) in [7, 11) is 0. The molecule has 1 aliphatic heterocycles. The third-order valence-corrected chi connectivity index (χ3v) is 2.92. The van der Waals surface area contributed by atoms with Crippen LogP contribution in [-0.2, 0) is 0 Å². The van der Waals surface area contributed by atoms with Crippen molar-refractivity contribution < 1.29 is 5.11 Å². The standard InChI is InChI=1S/C10H17NO/c12-10-6-4-5-9(10)11-7-2-1-3-8-11/h4-5,9-10,12H,1-3,6-8H2. The summed E-state index contributed by atoms with van der Waals surface area (Å²) in [5.41, 5.74) is 0. The highest BCUT2D eigenvalue weighted by atomic mass is 16.3. The van der Waals surface area contributed by atoms with E-state index >= 15 is 0 Å². The van der Waals surface area contributed by atoms with Gasteiger partial charge in [-0.15, -0.1) is 0 Å². The Hall–Kier alpha value is -0.340. The van der Waals surface area contributed by atoms with Gasteiger partial charge in [0.05, 0.1) is 12.1 Å². The van der Waals surface area contributed by atoms with E-state index in [2.05, 4.69) is 17.1 Å². The Morgan fingerprint density at radius 2 is 1.92 bits per heavy atom. The van der Waals surface area contributed by atoms with Crippen LogP contribution >= 0.6 is 0 Å². The fraction of sp³-hybridized carbons (Fsp3) is 0.800. The monoisotopic (exact) mass is 167 g/mol. The average molecular weight is 167 g/mol. The summed E-state index contributed by atoms with van der Waals surface area (Å²) in [4.78, 5) is 2.41. The second-order valence-corrected chi connectivity index (χ2v) is 3.82. The van der Waals surface area contributed by atoms with E-state index in [0.29, 0.717) is 6.04 Å². The van der Waals surface area contributed by atoms with Gasteiger partial charge in [0, 0.05) is 0 Å². The minimum Gasteiger partial charge on any atom is -0.391 e. The molecule has 2 unspecified atom stereocenters. The van der Waals surface area contributed by atoms with Crippen molar-refractivity contribution in [2.75, 3.05) is 13.1 Å². The van der Waals surface area contributed by atoms with Gasteiger partial charge in [-0.05, 0) is 32.4 Å². The highest BCUT2D eigenvalue weighted by Gasteiger charge is 2.27. The van der Waals surface area contributed by atoms with Crippen molar-refractivity contribution in [2.24, 2.45) is 0 Å². The van der Waals surface area contributed by atoms with Gasteiger partial charge in [0.25, 0.3) is 0 Å². The molecule has 1 fully saturated rings. The van der Waals surface area contributed by atoms with Crippen LogP contribution in [-0.4, -0.2) is 35.2 Å². The third-order valence-electron chi connectivity index (χ3n) is 2.92. The molecule has 0 spiro atoms. The zero-order valence-electron chi connectivity index (χ0n) is 7.45. The van der Waals surface area contributed by atoms with Crippen LogP contribution in [0.2, 0.25) is 0 Å². The number of likely N-dealkylation sites (tertiary alicyclic amines) is 1. The molecule has 2 atom stereocenters. The summed E-state index contributed by atoms with van der Waals surface area (Å²) in [6.45, 7) is 2.35. The number of piperidine rings is 1. The average Bonchev–Trinajstić information content (AvgIpc) is 2.53. The molecule has 1 N–H and O–H groups in total. The van der Waals surface area contributed by atoms with E-state index in [1.807, 2.05) is 0 Å². The number of hydrogen-bond donors (Lipinski definition) is 1. The van der Waals surface area contributed by atoms with Crippen LogP contribution in [0.4, 0.5) is 0 Å². The van der Waals surface area contributed by atoms with Crippen LogP contribution in [0.1, 0.15) is 25.7 Å². The van der Waals surface area contributed by atoms with Gasteiger partial charge in [0.1, 0.15) is 0 Å². The molecule has 0 aromatic carbocycles. The predicted molar refractivity (Wildman–Crippen MR) is 49.0 cm³/mol. The van der Waals surface area contributed by atoms with Crippen LogP contribution in [0.5, 0.6) is 0 Å². The minimum atomic E-state index is -0.136. The first kappa shape index (κ1) is 8.27. The smallest absolute Gasteiger partial charge is 0.0765 e. The quantitative estimate of drug-likeness (QED) is 0.592. The van der Waals surface area contributed by atoms with Gasteiger partial charge in [-0.3, -0.25) is 4.90 Å². The van der Waals surface area contributed by atoms with Gasteiger partial charge in [0.15, 0.2) is 0 Å². The Kier molecular flexibility index (Phi) is 2.47. The number of aliphatic hydroxyl groups excluding tert-OH is 1. The molecule has 2 heteroatoms. The first-order chi connectivity index (χ1) is 5.88. The molecule has 1 heterocycles. The lowest BCUT2D eigenvalue weighted by atomic mass is 10.1. The lowest BCUT2D eigenvalue weighted by Gasteiger charge is -2.33. The van der Waals surface area contributed by atoms with Crippen molar-refractivity contribution in [3.63, 3.8) is 0 Å². The van der Waals surface area contributed by atoms with Crippen LogP contribution in [0.3, 0.4) is 0 Å². The van der Waals surface area contributed by atoms with Crippen molar-refractivity contribution in [2.45, 2.75) is 37.8 Å². The van der Waals surface area contributed by atoms with Gasteiger partial charge in [0.2, 0.25) is 0 Å². The Morgan fingerprint density at radius 1 is 1.17 bits per heavy atom. The number of hydrogen-bond acceptors (Lipinski definition) is 2. The molecule has 1 aliphatic carbocycles. The molecule has 0 bridgehead atoms. The molecule has 0 amide bonds.